The number of rotatable bonds is 1. The second kappa shape index (κ2) is 3.76. The van der Waals surface area contributed by atoms with Gasteiger partial charge in [-0.25, -0.2) is 0 Å². The van der Waals surface area contributed by atoms with Gasteiger partial charge in [0.05, 0.1) is 0 Å². The number of nitrogens with two attached hydrogens (primary N) is 1. The molecule has 1 atom stereocenters. The van der Waals surface area contributed by atoms with Crippen LogP contribution in [0.25, 0.3) is 0 Å². The van der Waals surface area contributed by atoms with Crippen LogP contribution in [0.4, 0.5) is 0 Å². The molecule has 1 unspecified atom stereocenters. The number of nitrogens with zero attached hydrogens (tertiary/aromatic N) is 1. The monoisotopic (exact) mass is 213 g/mol. The van der Waals surface area contributed by atoms with E-state index in [-0.39, 0.29) is 23.0 Å². The fourth-order valence-electron chi connectivity index (χ4n) is 2.07. The summed E-state index contributed by atoms with van der Waals surface area (Å²) < 4.78 is 0. The summed E-state index contributed by atoms with van der Waals surface area (Å²) in [7, 11) is 0. The van der Waals surface area contributed by atoms with Gasteiger partial charge in [0, 0.05) is 24.2 Å². The smallest absolute Gasteiger partial charge is 0.239 e. The first-order valence-electron chi connectivity index (χ1n) is 5.46. The van der Waals surface area contributed by atoms with Gasteiger partial charge in [-0.3, -0.25) is 9.69 Å². The summed E-state index contributed by atoms with van der Waals surface area (Å²) in [6, 6.07) is -0.196. The first-order chi connectivity index (χ1) is 6.67. The fourth-order valence-corrected chi connectivity index (χ4v) is 2.07. The molecule has 88 valence electrons. The quantitative estimate of drug-likeness (QED) is 0.659. The molecule has 1 saturated heterocycles. The highest BCUT2D eigenvalue weighted by atomic mass is 16.2. The second-order valence-corrected chi connectivity index (χ2v) is 5.92. The second-order valence-electron chi connectivity index (χ2n) is 5.92. The molecule has 0 bridgehead atoms. The van der Waals surface area contributed by atoms with Crippen molar-refractivity contribution in [2.75, 3.05) is 13.1 Å². The van der Waals surface area contributed by atoms with Crippen molar-refractivity contribution in [2.45, 2.75) is 51.7 Å². The number of carbonyl (C=O) groups excluding carboxylic acids is 1. The third-order valence-corrected chi connectivity index (χ3v) is 2.79. The summed E-state index contributed by atoms with van der Waals surface area (Å²) in [5.74, 6) is 0.0451. The number of carbonyl (C=O) groups is 1. The van der Waals surface area contributed by atoms with Gasteiger partial charge >= 0.3 is 0 Å². The van der Waals surface area contributed by atoms with E-state index in [2.05, 4.69) is 31.0 Å². The van der Waals surface area contributed by atoms with E-state index in [1.807, 2.05) is 13.8 Å². The van der Waals surface area contributed by atoms with E-state index in [4.69, 9.17) is 5.73 Å². The zero-order chi connectivity index (χ0) is 11.9. The van der Waals surface area contributed by atoms with E-state index in [1.165, 1.54) is 0 Å². The molecule has 0 aromatic heterocycles. The minimum atomic E-state index is -0.196. The van der Waals surface area contributed by atoms with Crippen LogP contribution in [-0.2, 0) is 4.79 Å². The predicted molar refractivity (Wildman–Crippen MR) is 61.5 cm³/mol. The lowest BCUT2D eigenvalue weighted by Crippen LogP contribution is -2.70. The Balaban J connectivity index is 2.94. The van der Waals surface area contributed by atoms with Gasteiger partial charge in [0.1, 0.15) is 6.04 Å². The molecular weight excluding hydrogens is 190 g/mol. The highest BCUT2D eigenvalue weighted by Gasteiger charge is 2.42. The number of nitrogens with one attached hydrogen (secondary N) is 1. The average Bonchev–Trinajstić information content (AvgIpc) is 1.99. The normalized spacial score (nSPS) is 27.6. The lowest BCUT2D eigenvalue weighted by molar-refractivity contribution is -0.136. The Kier molecular flexibility index (Phi) is 3.12. The van der Waals surface area contributed by atoms with Crippen molar-refractivity contribution >= 4 is 5.91 Å². The molecule has 0 aliphatic carbocycles. The molecule has 1 amide bonds. The fraction of sp³-hybridized carbons (Fsp3) is 0.909. The van der Waals surface area contributed by atoms with Gasteiger partial charge in [-0.05, 0) is 34.6 Å². The Hall–Kier alpha value is -0.610. The summed E-state index contributed by atoms with van der Waals surface area (Å²) in [6.07, 6.45) is 0. The number of amides is 1. The maximum Gasteiger partial charge on any atom is 0.239 e. The van der Waals surface area contributed by atoms with Crippen LogP contribution in [0.2, 0.25) is 0 Å². The average molecular weight is 213 g/mol. The van der Waals surface area contributed by atoms with Gasteiger partial charge in [-0.2, -0.15) is 0 Å². The molecule has 0 radical (unpaired) electrons. The Morgan fingerprint density at radius 3 is 2.47 bits per heavy atom. The van der Waals surface area contributed by atoms with E-state index < -0.39 is 0 Å². The molecule has 0 saturated carbocycles. The van der Waals surface area contributed by atoms with Crippen molar-refractivity contribution in [2.24, 2.45) is 5.73 Å². The number of piperazine rings is 1. The lowest BCUT2D eigenvalue weighted by Gasteiger charge is -2.49. The Morgan fingerprint density at radius 2 is 2.07 bits per heavy atom. The highest BCUT2D eigenvalue weighted by Crippen LogP contribution is 2.24. The van der Waals surface area contributed by atoms with Gasteiger partial charge in [-0.1, -0.05) is 0 Å². The zero-order valence-corrected chi connectivity index (χ0v) is 10.4. The first-order valence-corrected chi connectivity index (χ1v) is 5.46. The largest absolute Gasteiger partial charge is 0.349 e. The predicted octanol–water partition coefficient (Wildman–Crippen LogP) is 0.323. The third-order valence-electron chi connectivity index (χ3n) is 2.79. The van der Waals surface area contributed by atoms with Crippen LogP contribution in [-0.4, -0.2) is 41.0 Å². The molecule has 0 spiro atoms. The van der Waals surface area contributed by atoms with Gasteiger partial charge in [0.15, 0.2) is 0 Å². The summed E-state index contributed by atoms with van der Waals surface area (Å²) in [4.78, 5) is 14.1. The van der Waals surface area contributed by atoms with E-state index >= 15 is 0 Å². The molecule has 1 heterocycles. The van der Waals surface area contributed by atoms with E-state index in [9.17, 15) is 4.79 Å². The molecule has 1 fully saturated rings. The molecule has 1 rings (SSSR count). The Morgan fingerprint density at radius 1 is 1.53 bits per heavy atom. The van der Waals surface area contributed by atoms with Crippen LogP contribution in [0.15, 0.2) is 0 Å². The maximum atomic E-state index is 11.9. The van der Waals surface area contributed by atoms with Crippen molar-refractivity contribution in [3.63, 3.8) is 0 Å². The third kappa shape index (κ3) is 2.69. The molecule has 4 nitrogen and oxygen atoms in total. The van der Waals surface area contributed by atoms with Crippen molar-refractivity contribution in [3.8, 4) is 0 Å². The minimum absolute atomic E-state index is 0.0287. The molecule has 4 heteroatoms. The van der Waals surface area contributed by atoms with Crippen molar-refractivity contribution in [1.82, 2.24) is 10.2 Å². The maximum absolute atomic E-state index is 11.9. The van der Waals surface area contributed by atoms with Crippen LogP contribution in [0.3, 0.4) is 0 Å². The molecule has 1 aliphatic rings. The highest BCUT2D eigenvalue weighted by molar-refractivity contribution is 5.83. The van der Waals surface area contributed by atoms with Crippen LogP contribution >= 0.6 is 0 Å². The molecule has 0 aromatic rings. The van der Waals surface area contributed by atoms with Gasteiger partial charge in [-0.15, -0.1) is 0 Å². The Bertz CT molecular complexity index is 255. The van der Waals surface area contributed by atoms with E-state index in [0.717, 1.165) is 6.54 Å². The molecule has 15 heavy (non-hydrogen) atoms. The van der Waals surface area contributed by atoms with Crippen LogP contribution in [0.1, 0.15) is 34.6 Å². The first kappa shape index (κ1) is 12.5. The topological polar surface area (TPSA) is 58.4 Å². The van der Waals surface area contributed by atoms with Crippen LogP contribution < -0.4 is 11.1 Å². The SMILES string of the molecule is CC1(C)CN(C(C)(C)C)C(CN)C(=O)N1. The van der Waals surface area contributed by atoms with Crippen LogP contribution in [0.5, 0.6) is 0 Å². The zero-order valence-electron chi connectivity index (χ0n) is 10.4. The van der Waals surface area contributed by atoms with Crippen molar-refractivity contribution in [1.29, 1.82) is 0 Å². The molecule has 0 aromatic carbocycles. The molecular formula is C11H23N3O. The van der Waals surface area contributed by atoms with Crippen molar-refractivity contribution < 1.29 is 4.79 Å². The van der Waals surface area contributed by atoms with Gasteiger partial charge < -0.3 is 11.1 Å². The number of hydrogen-bond donors (Lipinski definition) is 2. The summed E-state index contributed by atoms with van der Waals surface area (Å²) in [5.41, 5.74) is 5.47. The molecule has 3 N–H and O–H groups in total. The molecule has 1 aliphatic heterocycles. The minimum Gasteiger partial charge on any atom is -0.349 e. The summed E-state index contributed by atoms with van der Waals surface area (Å²) in [5, 5.41) is 3.00. The summed E-state index contributed by atoms with van der Waals surface area (Å²) in [6.45, 7) is 11.6. The van der Waals surface area contributed by atoms with E-state index in [1.54, 1.807) is 0 Å². The number of hydrogen-bond acceptors (Lipinski definition) is 3. The Labute approximate surface area is 92.2 Å². The van der Waals surface area contributed by atoms with E-state index in [0.29, 0.717) is 6.54 Å². The van der Waals surface area contributed by atoms with Gasteiger partial charge in [0.25, 0.3) is 0 Å². The lowest BCUT2D eigenvalue weighted by atomic mass is 9.92. The standard InChI is InChI=1S/C11H23N3O/c1-10(2,3)14-7-11(4,5)13-9(15)8(14)6-12/h8H,6-7,12H2,1-5H3,(H,13,15). The van der Waals surface area contributed by atoms with Crippen LogP contribution in [0, 0.1) is 0 Å². The summed E-state index contributed by atoms with van der Waals surface area (Å²) >= 11 is 0. The van der Waals surface area contributed by atoms with Crippen molar-refractivity contribution in [3.05, 3.63) is 0 Å². The van der Waals surface area contributed by atoms with Gasteiger partial charge in [0.2, 0.25) is 5.91 Å².